The molecule has 146 valence electrons. The minimum absolute atomic E-state index is 0.0618. The quantitative estimate of drug-likeness (QED) is 0.657. The van der Waals surface area contributed by atoms with Gasteiger partial charge in [-0.15, -0.1) is 11.3 Å². The van der Waals surface area contributed by atoms with Crippen molar-refractivity contribution in [2.45, 2.75) is 13.5 Å². The number of ether oxygens (including phenoxy) is 1. The second-order valence-corrected chi connectivity index (χ2v) is 7.73. The molecule has 0 radical (unpaired) electrons. The van der Waals surface area contributed by atoms with Crippen LogP contribution in [-0.2, 0) is 6.54 Å². The molecule has 28 heavy (non-hydrogen) atoms. The minimum Gasteiger partial charge on any atom is -0.496 e. The number of aromatic nitrogens is 1. The predicted molar refractivity (Wildman–Crippen MR) is 109 cm³/mol. The molecule has 0 saturated carbocycles. The van der Waals surface area contributed by atoms with Gasteiger partial charge in [0.15, 0.2) is 10.8 Å². The average Bonchev–Trinajstić information content (AvgIpc) is 3.40. The molecular formula is C21H23N3O3S. The molecule has 0 aliphatic carbocycles. The molecule has 0 atom stereocenters. The highest BCUT2D eigenvalue weighted by atomic mass is 32.1. The first-order chi connectivity index (χ1) is 13.6. The van der Waals surface area contributed by atoms with Crippen LogP contribution in [-0.4, -0.2) is 54.0 Å². The first-order valence-corrected chi connectivity index (χ1v) is 10.2. The summed E-state index contributed by atoms with van der Waals surface area (Å²) in [5.41, 5.74) is 2.75. The molecule has 1 aliphatic heterocycles. The van der Waals surface area contributed by atoms with Gasteiger partial charge in [-0.2, -0.15) is 0 Å². The van der Waals surface area contributed by atoms with Gasteiger partial charge in [-0.3, -0.25) is 9.69 Å². The molecule has 3 aromatic rings. The van der Waals surface area contributed by atoms with Gasteiger partial charge in [-0.1, -0.05) is 6.07 Å². The van der Waals surface area contributed by atoms with E-state index in [1.807, 2.05) is 42.2 Å². The van der Waals surface area contributed by atoms with E-state index < -0.39 is 0 Å². The Labute approximate surface area is 168 Å². The van der Waals surface area contributed by atoms with Crippen LogP contribution in [0.5, 0.6) is 5.75 Å². The second-order valence-electron chi connectivity index (χ2n) is 6.87. The van der Waals surface area contributed by atoms with Gasteiger partial charge in [0.1, 0.15) is 5.75 Å². The Kier molecular flexibility index (Phi) is 5.45. The van der Waals surface area contributed by atoms with Gasteiger partial charge >= 0.3 is 0 Å². The molecular weight excluding hydrogens is 374 g/mol. The third-order valence-corrected chi connectivity index (χ3v) is 5.89. The van der Waals surface area contributed by atoms with Crippen LogP contribution in [0.3, 0.4) is 0 Å². The first-order valence-electron chi connectivity index (χ1n) is 9.28. The van der Waals surface area contributed by atoms with E-state index in [2.05, 4.69) is 15.3 Å². The van der Waals surface area contributed by atoms with Crippen molar-refractivity contribution in [3.05, 3.63) is 58.8 Å². The van der Waals surface area contributed by atoms with E-state index in [-0.39, 0.29) is 5.91 Å². The number of aryl methyl sites for hydroxylation is 1. The minimum atomic E-state index is 0.0618. The van der Waals surface area contributed by atoms with Crippen molar-refractivity contribution >= 4 is 17.2 Å². The molecule has 1 saturated heterocycles. The highest BCUT2D eigenvalue weighted by Gasteiger charge is 2.23. The number of methoxy groups -OCH3 is 1. The van der Waals surface area contributed by atoms with Gasteiger partial charge in [-0.25, -0.2) is 4.98 Å². The van der Waals surface area contributed by atoms with Crippen molar-refractivity contribution in [3.8, 4) is 16.5 Å². The summed E-state index contributed by atoms with van der Waals surface area (Å²) < 4.78 is 10.8. The highest BCUT2D eigenvalue weighted by Crippen LogP contribution is 2.25. The Morgan fingerprint density at radius 1 is 1.25 bits per heavy atom. The number of amides is 1. The molecule has 7 heteroatoms. The lowest BCUT2D eigenvalue weighted by atomic mass is 10.1. The summed E-state index contributed by atoms with van der Waals surface area (Å²) in [5.74, 6) is 1.62. The molecule has 4 rings (SSSR count). The number of carbonyl (C=O) groups excluding carboxylic acids is 1. The Hall–Kier alpha value is -2.64. The summed E-state index contributed by atoms with van der Waals surface area (Å²) >= 11 is 1.60. The summed E-state index contributed by atoms with van der Waals surface area (Å²) in [4.78, 5) is 21.7. The fourth-order valence-corrected chi connectivity index (χ4v) is 4.14. The maximum Gasteiger partial charge on any atom is 0.254 e. The summed E-state index contributed by atoms with van der Waals surface area (Å²) in [6.07, 6.45) is 1.66. The van der Waals surface area contributed by atoms with Gasteiger partial charge in [-0.05, 0) is 36.8 Å². The van der Waals surface area contributed by atoms with Gasteiger partial charge in [0.05, 0.1) is 19.1 Å². The van der Waals surface area contributed by atoms with Crippen molar-refractivity contribution < 1.29 is 13.9 Å². The normalized spacial score (nSPS) is 15.0. The molecule has 0 spiro atoms. The summed E-state index contributed by atoms with van der Waals surface area (Å²) in [7, 11) is 1.63. The van der Waals surface area contributed by atoms with Crippen molar-refractivity contribution in [1.29, 1.82) is 0 Å². The fourth-order valence-electron chi connectivity index (χ4n) is 3.37. The van der Waals surface area contributed by atoms with Crippen LogP contribution in [0, 0.1) is 6.92 Å². The zero-order valence-electron chi connectivity index (χ0n) is 16.1. The molecule has 1 fully saturated rings. The third kappa shape index (κ3) is 3.95. The molecule has 6 nitrogen and oxygen atoms in total. The summed E-state index contributed by atoms with van der Waals surface area (Å²) in [6, 6.07) is 9.43. The summed E-state index contributed by atoms with van der Waals surface area (Å²) in [5, 5.41) is 2.98. The van der Waals surface area contributed by atoms with Crippen molar-refractivity contribution in [2.24, 2.45) is 0 Å². The van der Waals surface area contributed by atoms with Crippen LogP contribution in [0.15, 0.2) is 46.4 Å². The molecule has 0 bridgehead atoms. The lowest BCUT2D eigenvalue weighted by Gasteiger charge is -2.34. The molecule has 1 amide bonds. The molecule has 1 aliphatic rings. The Balaban J connectivity index is 1.34. The number of carbonyl (C=O) groups is 1. The lowest BCUT2D eigenvalue weighted by Crippen LogP contribution is -2.48. The maximum atomic E-state index is 12.8. The lowest BCUT2D eigenvalue weighted by molar-refractivity contribution is 0.0627. The van der Waals surface area contributed by atoms with Crippen LogP contribution in [0.1, 0.15) is 21.6 Å². The van der Waals surface area contributed by atoms with E-state index in [1.165, 1.54) is 0 Å². The largest absolute Gasteiger partial charge is 0.496 e. The molecule has 0 unspecified atom stereocenters. The first kappa shape index (κ1) is 18.7. The Morgan fingerprint density at radius 2 is 2.07 bits per heavy atom. The van der Waals surface area contributed by atoms with Gasteiger partial charge < -0.3 is 14.1 Å². The van der Waals surface area contributed by atoms with Gasteiger partial charge in [0.2, 0.25) is 0 Å². The topological polar surface area (TPSA) is 58.8 Å². The van der Waals surface area contributed by atoms with E-state index in [0.717, 1.165) is 47.4 Å². The number of rotatable bonds is 5. The van der Waals surface area contributed by atoms with E-state index in [1.54, 1.807) is 24.7 Å². The van der Waals surface area contributed by atoms with Crippen molar-refractivity contribution in [1.82, 2.24) is 14.8 Å². The van der Waals surface area contributed by atoms with E-state index in [9.17, 15) is 4.79 Å². The average molecular weight is 398 g/mol. The van der Waals surface area contributed by atoms with Crippen LogP contribution in [0.4, 0.5) is 0 Å². The number of furan rings is 1. The fraction of sp³-hybridized carbons (Fsp3) is 0.333. The number of benzene rings is 1. The Morgan fingerprint density at radius 3 is 2.79 bits per heavy atom. The van der Waals surface area contributed by atoms with Gasteiger partial charge in [0.25, 0.3) is 5.91 Å². The molecule has 1 aromatic carbocycles. The molecule has 3 heterocycles. The smallest absolute Gasteiger partial charge is 0.254 e. The molecule has 0 N–H and O–H groups in total. The molecule has 2 aromatic heterocycles. The SMILES string of the molecule is COc1cc(C(=O)N2CCN(Cc3csc(-c4ccco4)n3)CC2)ccc1C. The van der Waals surface area contributed by atoms with Crippen molar-refractivity contribution in [3.63, 3.8) is 0 Å². The number of thiazole rings is 1. The van der Waals surface area contributed by atoms with E-state index in [0.29, 0.717) is 18.7 Å². The van der Waals surface area contributed by atoms with E-state index >= 15 is 0 Å². The monoisotopic (exact) mass is 397 g/mol. The number of piperazine rings is 1. The summed E-state index contributed by atoms with van der Waals surface area (Å²) in [6.45, 7) is 5.86. The zero-order chi connectivity index (χ0) is 19.5. The number of nitrogens with zero attached hydrogens (tertiary/aromatic N) is 3. The number of hydrogen-bond donors (Lipinski definition) is 0. The van der Waals surface area contributed by atoms with Gasteiger partial charge in [0, 0.05) is 43.7 Å². The van der Waals surface area contributed by atoms with Crippen molar-refractivity contribution in [2.75, 3.05) is 33.3 Å². The maximum absolute atomic E-state index is 12.8. The second kappa shape index (κ2) is 8.16. The zero-order valence-corrected chi connectivity index (χ0v) is 16.9. The van der Waals surface area contributed by atoms with Crippen LogP contribution >= 0.6 is 11.3 Å². The van der Waals surface area contributed by atoms with E-state index in [4.69, 9.17) is 9.15 Å². The van der Waals surface area contributed by atoms with Crippen LogP contribution in [0.2, 0.25) is 0 Å². The number of hydrogen-bond acceptors (Lipinski definition) is 6. The third-order valence-electron chi connectivity index (χ3n) is 4.98. The van der Waals surface area contributed by atoms with Crippen LogP contribution < -0.4 is 4.74 Å². The highest BCUT2D eigenvalue weighted by molar-refractivity contribution is 7.13. The van der Waals surface area contributed by atoms with Crippen LogP contribution in [0.25, 0.3) is 10.8 Å². The predicted octanol–water partition coefficient (Wildman–Crippen LogP) is 3.68. The standard InChI is InChI=1S/C21H23N3O3S/c1-15-5-6-16(12-19(15)26-2)21(25)24-9-7-23(8-10-24)13-17-14-28-20(22-17)18-4-3-11-27-18/h3-6,11-12,14H,7-10,13H2,1-2H3. The Bertz CT molecular complexity index is 944.